The molecule has 1 amide bonds. The number of aryl methyl sites for hydroxylation is 2. The highest BCUT2D eigenvalue weighted by atomic mass is 16.5. The van der Waals surface area contributed by atoms with Gasteiger partial charge in [-0.3, -0.25) is 9.78 Å². The zero-order chi connectivity index (χ0) is 16.8. The summed E-state index contributed by atoms with van der Waals surface area (Å²) in [6.07, 6.45) is 0. The third kappa shape index (κ3) is 4.22. The minimum atomic E-state index is -0.218. The maximum Gasteiger partial charge on any atom is 0.257 e. The van der Waals surface area contributed by atoms with Gasteiger partial charge in [0.05, 0.1) is 30.2 Å². The van der Waals surface area contributed by atoms with Crippen molar-refractivity contribution in [1.29, 1.82) is 0 Å². The summed E-state index contributed by atoms with van der Waals surface area (Å²) < 4.78 is 11.1. The first kappa shape index (κ1) is 16.8. The molecule has 1 heterocycles. The van der Waals surface area contributed by atoms with Crippen molar-refractivity contribution >= 4 is 11.6 Å². The summed E-state index contributed by atoms with van der Waals surface area (Å²) in [6.45, 7) is 8.60. The van der Waals surface area contributed by atoms with Crippen LogP contribution in [0.5, 0.6) is 11.5 Å². The quantitative estimate of drug-likeness (QED) is 0.882. The number of hydrogen-bond acceptors (Lipinski definition) is 4. The second-order valence-corrected chi connectivity index (χ2v) is 5.06. The molecule has 0 aliphatic heterocycles. The molecule has 23 heavy (non-hydrogen) atoms. The molecule has 0 unspecified atom stereocenters. The number of nitrogens with zero attached hydrogens (tertiary/aromatic N) is 1. The Bertz CT molecular complexity index is 699. The van der Waals surface area contributed by atoms with E-state index < -0.39 is 0 Å². The van der Waals surface area contributed by atoms with Gasteiger partial charge in [-0.15, -0.1) is 0 Å². The Labute approximate surface area is 136 Å². The predicted octanol–water partition coefficient (Wildman–Crippen LogP) is 3.75. The van der Waals surface area contributed by atoms with E-state index in [0.717, 1.165) is 5.69 Å². The molecule has 0 spiro atoms. The lowest BCUT2D eigenvalue weighted by Gasteiger charge is -2.14. The Morgan fingerprint density at radius 2 is 1.83 bits per heavy atom. The van der Waals surface area contributed by atoms with Crippen LogP contribution in [-0.4, -0.2) is 24.1 Å². The first-order valence-corrected chi connectivity index (χ1v) is 7.70. The molecular weight excluding hydrogens is 292 g/mol. The first-order chi connectivity index (χ1) is 11.0. The standard InChI is InChI=1S/C18H22N2O3/c1-5-22-14-8-10-17(23-6-2)16(11-14)20-18(21)15-9-7-12(3)19-13(15)4/h7-11H,5-6H2,1-4H3,(H,20,21). The number of amides is 1. The third-order valence-electron chi connectivity index (χ3n) is 3.28. The van der Waals surface area contributed by atoms with E-state index in [4.69, 9.17) is 9.47 Å². The first-order valence-electron chi connectivity index (χ1n) is 7.70. The summed E-state index contributed by atoms with van der Waals surface area (Å²) in [5, 5.41) is 2.89. The Kier molecular flexibility index (Phi) is 5.57. The van der Waals surface area contributed by atoms with E-state index in [-0.39, 0.29) is 5.91 Å². The lowest BCUT2D eigenvalue weighted by atomic mass is 10.1. The van der Waals surface area contributed by atoms with Crippen LogP contribution in [0.15, 0.2) is 30.3 Å². The summed E-state index contributed by atoms with van der Waals surface area (Å²) >= 11 is 0. The molecule has 2 aromatic rings. The lowest BCUT2D eigenvalue weighted by molar-refractivity contribution is 0.102. The number of rotatable bonds is 6. The molecule has 5 heteroatoms. The third-order valence-corrected chi connectivity index (χ3v) is 3.28. The van der Waals surface area contributed by atoms with E-state index in [1.54, 1.807) is 18.2 Å². The van der Waals surface area contributed by atoms with Gasteiger partial charge in [0.15, 0.2) is 0 Å². The normalized spacial score (nSPS) is 10.3. The van der Waals surface area contributed by atoms with Crippen LogP contribution in [0.2, 0.25) is 0 Å². The van der Waals surface area contributed by atoms with Crippen molar-refractivity contribution in [2.24, 2.45) is 0 Å². The fourth-order valence-corrected chi connectivity index (χ4v) is 2.26. The van der Waals surface area contributed by atoms with E-state index >= 15 is 0 Å². The molecule has 0 atom stereocenters. The maximum absolute atomic E-state index is 12.5. The Morgan fingerprint density at radius 1 is 1.09 bits per heavy atom. The van der Waals surface area contributed by atoms with Crippen molar-refractivity contribution in [3.05, 3.63) is 47.3 Å². The predicted molar refractivity (Wildman–Crippen MR) is 90.4 cm³/mol. The van der Waals surface area contributed by atoms with Crippen molar-refractivity contribution in [2.75, 3.05) is 18.5 Å². The van der Waals surface area contributed by atoms with Gasteiger partial charge >= 0.3 is 0 Å². The minimum Gasteiger partial charge on any atom is -0.494 e. The number of pyridine rings is 1. The van der Waals surface area contributed by atoms with Crippen LogP contribution in [0, 0.1) is 13.8 Å². The molecule has 5 nitrogen and oxygen atoms in total. The number of nitrogens with one attached hydrogen (secondary N) is 1. The van der Waals surface area contributed by atoms with Gasteiger partial charge in [0.1, 0.15) is 11.5 Å². The second-order valence-electron chi connectivity index (χ2n) is 5.06. The monoisotopic (exact) mass is 314 g/mol. The highest BCUT2D eigenvalue weighted by Gasteiger charge is 2.14. The SMILES string of the molecule is CCOc1ccc(OCC)c(NC(=O)c2ccc(C)nc2C)c1. The molecular formula is C18H22N2O3. The van der Waals surface area contributed by atoms with Gasteiger partial charge in [-0.05, 0) is 52.0 Å². The number of anilines is 1. The average molecular weight is 314 g/mol. The maximum atomic E-state index is 12.5. The molecule has 0 radical (unpaired) electrons. The summed E-state index contributed by atoms with van der Waals surface area (Å²) in [6, 6.07) is 8.98. The van der Waals surface area contributed by atoms with Gasteiger partial charge in [0.25, 0.3) is 5.91 Å². The fourth-order valence-electron chi connectivity index (χ4n) is 2.26. The molecule has 2 rings (SSSR count). The van der Waals surface area contributed by atoms with Crippen molar-refractivity contribution in [1.82, 2.24) is 4.98 Å². The van der Waals surface area contributed by atoms with Gasteiger partial charge in [-0.2, -0.15) is 0 Å². The number of ether oxygens (including phenoxy) is 2. The number of carbonyl (C=O) groups is 1. The zero-order valence-electron chi connectivity index (χ0n) is 14.0. The van der Waals surface area contributed by atoms with Crippen LogP contribution < -0.4 is 14.8 Å². The average Bonchev–Trinajstić information content (AvgIpc) is 2.50. The number of aromatic nitrogens is 1. The lowest BCUT2D eigenvalue weighted by Crippen LogP contribution is -2.15. The Morgan fingerprint density at radius 3 is 2.48 bits per heavy atom. The molecule has 0 saturated heterocycles. The van der Waals surface area contributed by atoms with Crippen LogP contribution in [0.4, 0.5) is 5.69 Å². The van der Waals surface area contributed by atoms with Crippen molar-refractivity contribution in [2.45, 2.75) is 27.7 Å². The molecule has 1 aromatic heterocycles. The fraction of sp³-hybridized carbons (Fsp3) is 0.333. The molecule has 122 valence electrons. The van der Waals surface area contributed by atoms with Gasteiger partial charge < -0.3 is 14.8 Å². The number of benzene rings is 1. The number of carbonyl (C=O) groups excluding carboxylic acids is 1. The van der Waals surface area contributed by atoms with E-state index in [2.05, 4.69) is 10.3 Å². The summed E-state index contributed by atoms with van der Waals surface area (Å²) in [7, 11) is 0. The topological polar surface area (TPSA) is 60.5 Å². The van der Waals surface area contributed by atoms with Crippen molar-refractivity contribution in [3.63, 3.8) is 0 Å². The van der Waals surface area contributed by atoms with Crippen molar-refractivity contribution in [3.8, 4) is 11.5 Å². The second kappa shape index (κ2) is 7.63. The summed E-state index contributed by atoms with van der Waals surface area (Å²) in [5.74, 6) is 1.08. The van der Waals surface area contributed by atoms with Crippen LogP contribution in [0.25, 0.3) is 0 Å². The number of hydrogen-bond donors (Lipinski definition) is 1. The van der Waals surface area contributed by atoms with Crippen LogP contribution >= 0.6 is 0 Å². The smallest absolute Gasteiger partial charge is 0.257 e. The van der Waals surface area contributed by atoms with Crippen LogP contribution in [-0.2, 0) is 0 Å². The van der Waals surface area contributed by atoms with Gasteiger partial charge in [0.2, 0.25) is 0 Å². The van der Waals surface area contributed by atoms with E-state index in [1.807, 2.05) is 39.8 Å². The highest BCUT2D eigenvalue weighted by molar-refractivity contribution is 6.05. The summed E-state index contributed by atoms with van der Waals surface area (Å²) in [5.41, 5.74) is 2.71. The van der Waals surface area contributed by atoms with E-state index in [1.165, 1.54) is 0 Å². The van der Waals surface area contributed by atoms with E-state index in [0.29, 0.717) is 41.7 Å². The Balaban J connectivity index is 2.29. The Hall–Kier alpha value is -2.56. The van der Waals surface area contributed by atoms with Gasteiger partial charge in [-0.25, -0.2) is 0 Å². The summed E-state index contributed by atoms with van der Waals surface area (Å²) in [4.78, 5) is 16.8. The molecule has 0 aliphatic rings. The minimum absolute atomic E-state index is 0.218. The van der Waals surface area contributed by atoms with Crippen molar-refractivity contribution < 1.29 is 14.3 Å². The highest BCUT2D eigenvalue weighted by Crippen LogP contribution is 2.30. The van der Waals surface area contributed by atoms with Gasteiger partial charge in [0, 0.05) is 11.8 Å². The van der Waals surface area contributed by atoms with Crippen LogP contribution in [0.1, 0.15) is 35.6 Å². The zero-order valence-corrected chi connectivity index (χ0v) is 14.0. The van der Waals surface area contributed by atoms with Crippen LogP contribution in [0.3, 0.4) is 0 Å². The molecule has 1 N–H and O–H groups in total. The molecule has 0 fully saturated rings. The van der Waals surface area contributed by atoms with Gasteiger partial charge in [-0.1, -0.05) is 0 Å². The molecule has 0 bridgehead atoms. The molecule has 0 aliphatic carbocycles. The molecule has 1 aromatic carbocycles. The molecule has 0 saturated carbocycles. The van der Waals surface area contributed by atoms with E-state index in [9.17, 15) is 4.79 Å². The largest absolute Gasteiger partial charge is 0.494 e.